The first-order valence-corrected chi connectivity index (χ1v) is 7.01. The van der Waals surface area contributed by atoms with Gasteiger partial charge in [-0.3, -0.25) is 4.79 Å². The number of aliphatic hydroxyl groups is 1. The number of rotatable bonds is 4. The number of nitrogen functional groups attached to an aromatic ring is 1. The van der Waals surface area contributed by atoms with Crippen molar-refractivity contribution in [3.05, 3.63) is 11.1 Å². The Morgan fingerprint density at radius 3 is 2.83 bits per heavy atom. The summed E-state index contributed by atoms with van der Waals surface area (Å²) in [6, 6.07) is 0. The monoisotopic (exact) mass is 269 g/mol. The summed E-state index contributed by atoms with van der Waals surface area (Å²) in [5.74, 6) is -0.0780. The van der Waals surface area contributed by atoms with Crippen molar-refractivity contribution in [1.29, 1.82) is 0 Å². The average molecular weight is 269 g/mol. The van der Waals surface area contributed by atoms with Crippen molar-refractivity contribution in [3.63, 3.8) is 0 Å². The highest BCUT2D eigenvalue weighted by Gasteiger charge is 2.31. The zero-order valence-corrected chi connectivity index (χ0v) is 11.4. The molecule has 1 aliphatic rings. The van der Waals surface area contributed by atoms with Gasteiger partial charge in [-0.1, -0.05) is 24.2 Å². The second-order valence-electron chi connectivity index (χ2n) is 4.97. The predicted octanol–water partition coefficient (Wildman–Crippen LogP) is 1.49. The van der Waals surface area contributed by atoms with Gasteiger partial charge in [0, 0.05) is 13.6 Å². The summed E-state index contributed by atoms with van der Waals surface area (Å²) < 4.78 is 0. The van der Waals surface area contributed by atoms with Crippen LogP contribution in [0.3, 0.4) is 0 Å². The van der Waals surface area contributed by atoms with Crippen LogP contribution in [0.25, 0.3) is 0 Å². The molecule has 0 atom stereocenters. The van der Waals surface area contributed by atoms with Gasteiger partial charge in [0.25, 0.3) is 5.91 Å². The van der Waals surface area contributed by atoms with E-state index in [1.54, 1.807) is 11.9 Å². The van der Waals surface area contributed by atoms with Crippen LogP contribution in [-0.2, 0) is 0 Å². The Balaban J connectivity index is 1.88. The molecule has 1 saturated carbocycles. The van der Waals surface area contributed by atoms with Gasteiger partial charge in [-0.2, -0.15) is 0 Å². The smallest absolute Gasteiger partial charge is 0.265 e. The van der Waals surface area contributed by atoms with Gasteiger partial charge in [0.15, 0.2) is 5.13 Å². The third-order valence-corrected chi connectivity index (χ3v) is 4.34. The summed E-state index contributed by atoms with van der Waals surface area (Å²) in [5, 5.41) is 10.6. The number of nitrogens with two attached hydrogens (primary N) is 1. The third-order valence-electron chi connectivity index (χ3n) is 3.53. The molecule has 1 amide bonds. The topological polar surface area (TPSA) is 79.5 Å². The van der Waals surface area contributed by atoms with E-state index in [1.807, 2.05) is 0 Å². The molecular weight excluding hydrogens is 250 g/mol. The van der Waals surface area contributed by atoms with Gasteiger partial charge in [0.2, 0.25) is 0 Å². The van der Waals surface area contributed by atoms with Crippen molar-refractivity contribution in [3.8, 4) is 0 Å². The molecule has 0 bridgehead atoms. The Labute approximate surface area is 111 Å². The van der Waals surface area contributed by atoms with E-state index in [-0.39, 0.29) is 5.91 Å². The number of anilines is 1. The first-order chi connectivity index (χ1) is 8.50. The molecule has 0 saturated heterocycles. The molecule has 2 rings (SSSR count). The molecule has 1 fully saturated rings. The van der Waals surface area contributed by atoms with Crippen LogP contribution in [0.1, 0.15) is 41.8 Å². The van der Waals surface area contributed by atoms with E-state index in [0.717, 1.165) is 25.7 Å². The van der Waals surface area contributed by atoms with Crippen molar-refractivity contribution < 1.29 is 9.90 Å². The molecule has 0 aromatic carbocycles. The number of nitrogens with zero attached hydrogens (tertiary/aromatic N) is 2. The fourth-order valence-corrected chi connectivity index (χ4v) is 3.01. The van der Waals surface area contributed by atoms with Crippen LogP contribution in [0.5, 0.6) is 0 Å². The van der Waals surface area contributed by atoms with Crippen LogP contribution in [0.4, 0.5) is 5.13 Å². The molecule has 3 N–H and O–H groups in total. The van der Waals surface area contributed by atoms with Gasteiger partial charge in [-0.05, 0) is 19.3 Å². The maximum absolute atomic E-state index is 12.0. The second-order valence-corrected chi connectivity index (χ2v) is 6.03. The number of carbonyl (C=O) groups is 1. The lowest BCUT2D eigenvalue weighted by Crippen LogP contribution is -2.34. The number of aromatic nitrogens is 1. The van der Waals surface area contributed by atoms with Crippen LogP contribution in [-0.4, -0.2) is 40.1 Å². The molecule has 0 radical (unpaired) electrons. The molecule has 1 heterocycles. The van der Waals surface area contributed by atoms with Crippen molar-refractivity contribution in [1.82, 2.24) is 9.88 Å². The first kappa shape index (κ1) is 13.3. The number of thiazole rings is 1. The zero-order valence-electron chi connectivity index (χ0n) is 10.6. The Morgan fingerprint density at radius 2 is 2.28 bits per heavy atom. The molecule has 0 unspecified atom stereocenters. The van der Waals surface area contributed by atoms with Gasteiger partial charge in [-0.15, -0.1) is 0 Å². The SMILES string of the molecule is CN(CCC1(O)CCCC1)C(=O)c1cnc(N)s1. The predicted molar refractivity (Wildman–Crippen MR) is 71.5 cm³/mol. The Kier molecular flexibility index (Phi) is 3.87. The van der Waals surface area contributed by atoms with E-state index in [1.165, 1.54) is 17.5 Å². The molecule has 6 heteroatoms. The molecule has 1 aromatic heterocycles. The average Bonchev–Trinajstić information content (AvgIpc) is 2.95. The van der Waals surface area contributed by atoms with Gasteiger partial charge in [0.1, 0.15) is 4.88 Å². The lowest BCUT2D eigenvalue weighted by molar-refractivity contribution is 0.0297. The van der Waals surface area contributed by atoms with Gasteiger partial charge in [0.05, 0.1) is 11.8 Å². The van der Waals surface area contributed by atoms with Crippen molar-refractivity contribution in [2.75, 3.05) is 19.3 Å². The minimum absolute atomic E-state index is 0.0780. The van der Waals surface area contributed by atoms with Crippen molar-refractivity contribution in [2.24, 2.45) is 0 Å². The molecule has 1 aromatic rings. The van der Waals surface area contributed by atoms with Crippen LogP contribution < -0.4 is 5.73 Å². The minimum atomic E-state index is -0.568. The zero-order chi connectivity index (χ0) is 13.2. The quantitative estimate of drug-likeness (QED) is 0.868. The molecule has 0 aliphatic heterocycles. The third kappa shape index (κ3) is 3.00. The fraction of sp³-hybridized carbons (Fsp3) is 0.667. The van der Waals surface area contributed by atoms with E-state index < -0.39 is 5.60 Å². The molecule has 100 valence electrons. The van der Waals surface area contributed by atoms with Crippen molar-refractivity contribution >= 4 is 22.4 Å². The standard InChI is InChI=1S/C12H19N3O2S/c1-15(7-6-12(17)4-2-3-5-12)10(16)9-8-14-11(13)18-9/h8,17H,2-7H2,1H3,(H2,13,14). The maximum Gasteiger partial charge on any atom is 0.265 e. The summed E-state index contributed by atoms with van der Waals surface area (Å²) in [6.45, 7) is 0.563. The number of amides is 1. The van der Waals surface area contributed by atoms with Gasteiger partial charge in [-0.25, -0.2) is 4.98 Å². The number of carbonyl (C=O) groups excluding carboxylic acids is 1. The van der Waals surface area contributed by atoms with Gasteiger partial charge >= 0.3 is 0 Å². The van der Waals surface area contributed by atoms with E-state index >= 15 is 0 Å². The van der Waals surface area contributed by atoms with E-state index in [9.17, 15) is 9.90 Å². The highest BCUT2D eigenvalue weighted by Crippen LogP contribution is 2.32. The summed E-state index contributed by atoms with van der Waals surface area (Å²) in [6.07, 6.45) is 6.01. The maximum atomic E-state index is 12.0. The molecule has 0 spiro atoms. The number of hydrogen-bond acceptors (Lipinski definition) is 5. The Bertz CT molecular complexity index is 427. The highest BCUT2D eigenvalue weighted by atomic mass is 32.1. The van der Waals surface area contributed by atoms with Crippen LogP contribution in [0, 0.1) is 0 Å². The summed E-state index contributed by atoms with van der Waals surface area (Å²) >= 11 is 1.19. The molecule has 5 nitrogen and oxygen atoms in total. The lowest BCUT2D eigenvalue weighted by atomic mass is 9.98. The largest absolute Gasteiger partial charge is 0.390 e. The van der Waals surface area contributed by atoms with E-state index in [0.29, 0.717) is 23.0 Å². The summed E-state index contributed by atoms with van der Waals surface area (Å²) in [5.41, 5.74) is 4.94. The highest BCUT2D eigenvalue weighted by molar-refractivity contribution is 7.17. The Hall–Kier alpha value is -1.14. The Morgan fingerprint density at radius 1 is 1.61 bits per heavy atom. The van der Waals surface area contributed by atoms with Crippen molar-refractivity contribution in [2.45, 2.75) is 37.7 Å². The normalized spacial score (nSPS) is 17.9. The molecule has 1 aliphatic carbocycles. The number of hydrogen-bond donors (Lipinski definition) is 2. The van der Waals surface area contributed by atoms with E-state index in [4.69, 9.17) is 5.73 Å². The minimum Gasteiger partial charge on any atom is -0.390 e. The van der Waals surface area contributed by atoms with E-state index in [2.05, 4.69) is 4.98 Å². The molecular formula is C12H19N3O2S. The molecule has 18 heavy (non-hydrogen) atoms. The first-order valence-electron chi connectivity index (χ1n) is 6.19. The van der Waals surface area contributed by atoms with Gasteiger partial charge < -0.3 is 15.7 Å². The van der Waals surface area contributed by atoms with Crippen LogP contribution >= 0.6 is 11.3 Å². The lowest BCUT2D eigenvalue weighted by Gasteiger charge is -2.25. The second kappa shape index (κ2) is 5.24. The van der Waals surface area contributed by atoms with Crippen LogP contribution in [0.2, 0.25) is 0 Å². The summed E-state index contributed by atoms with van der Waals surface area (Å²) in [4.78, 5) is 18.1. The fourth-order valence-electron chi connectivity index (χ4n) is 2.34. The van der Waals surface area contributed by atoms with Crippen LogP contribution in [0.15, 0.2) is 6.20 Å². The summed E-state index contributed by atoms with van der Waals surface area (Å²) in [7, 11) is 1.75.